The van der Waals surface area contributed by atoms with Crippen LogP contribution in [0.4, 0.5) is 0 Å². The molecule has 2 fully saturated rings. The van der Waals surface area contributed by atoms with Gasteiger partial charge < -0.3 is 5.11 Å². The Morgan fingerprint density at radius 1 is 1.50 bits per heavy atom. The first kappa shape index (κ1) is 6.66. The van der Waals surface area contributed by atoms with Crippen LogP contribution < -0.4 is 0 Å². The molecule has 3 unspecified atom stereocenters. The molecule has 10 heavy (non-hydrogen) atoms. The lowest BCUT2D eigenvalue weighted by Gasteiger charge is -2.30. The maximum Gasteiger partial charge on any atom is 0.0675 e. The van der Waals surface area contributed by atoms with E-state index in [-0.39, 0.29) is 5.60 Å². The summed E-state index contributed by atoms with van der Waals surface area (Å²) in [4.78, 5) is 0. The molecule has 0 aliphatic heterocycles. The van der Waals surface area contributed by atoms with Gasteiger partial charge in [0.2, 0.25) is 0 Å². The van der Waals surface area contributed by atoms with E-state index in [9.17, 15) is 5.11 Å². The number of fused-ring (bicyclic) bond motifs is 2. The second-order valence-electron chi connectivity index (χ2n) is 4.20. The van der Waals surface area contributed by atoms with E-state index in [1.807, 2.05) is 0 Å². The summed E-state index contributed by atoms with van der Waals surface area (Å²) in [6.45, 7) is 2.20. The Bertz CT molecular complexity index is 144. The minimum Gasteiger partial charge on any atom is -0.390 e. The topological polar surface area (TPSA) is 20.2 Å². The van der Waals surface area contributed by atoms with E-state index in [1.165, 1.54) is 19.3 Å². The molecule has 0 amide bonds. The van der Waals surface area contributed by atoms with E-state index in [4.69, 9.17) is 0 Å². The van der Waals surface area contributed by atoms with Crippen molar-refractivity contribution >= 4 is 0 Å². The van der Waals surface area contributed by atoms with Crippen molar-refractivity contribution in [2.75, 3.05) is 0 Å². The van der Waals surface area contributed by atoms with Crippen molar-refractivity contribution in [2.45, 2.75) is 44.6 Å². The average molecular weight is 140 g/mol. The van der Waals surface area contributed by atoms with Gasteiger partial charge in [-0.1, -0.05) is 19.8 Å². The highest BCUT2D eigenvalue weighted by atomic mass is 16.3. The Morgan fingerprint density at radius 2 is 2.30 bits per heavy atom. The van der Waals surface area contributed by atoms with Gasteiger partial charge in [0.1, 0.15) is 0 Å². The van der Waals surface area contributed by atoms with Crippen LogP contribution in [0.5, 0.6) is 0 Å². The van der Waals surface area contributed by atoms with E-state index in [1.54, 1.807) is 0 Å². The van der Waals surface area contributed by atoms with Gasteiger partial charge in [-0.3, -0.25) is 0 Å². The summed E-state index contributed by atoms with van der Waals surface area (Å²) in [7, 11) is 0. The highest BCUT2D eigenvalue weighted by molar-refractivity contribution is 4.97. The maximum atomic E-state index is 9.99. The second kappa shape index (κ2) is 1.97. The van der Waals surface area contributed by atoms with Crippen LogP contribution in [-0.4, -0.2) is 10.7 Å². The molecule has 1 heteroatoms. The van der Waals surface area contributed by atoms with Gasteiger partial charge in [-0.05, 0) is 31.1 Å². The van der Waals surface area contributed by atoms with Crippen LogP contribution in [-0.2, 0) is 0 Å². The third-order valence-corrected chi connectivity index (χ3v) is 3.47. The molecule has 2 bridgehead atoms. The summed E-state index contributed by atoms with van der Waals surface area (Å²) in [6.07, 6.45) is 6.05. The van der Waals surface area contributed by atoms with Crippen LogP contribution in [0.15, 0.2) is 0 Å². The van der Waals surface area contributed by atoms with Crippen molar-refractivity contribution in [3.05, 3.63) is 0 Å². The largest absolute Gasteiger partial charge is 0.390 e. The molecule has 0 saturated heterocycles. The van der Waals surface area contributed by atoms with Gasteiger partial charge in [0.25, 0.3) is 0 Å². The van der Waals surface area contributed by atoms with Crippen LogP contribution in [0.25, 0.3) is 0 Å². The van der Waals surface area contributed by atoms with E-state index in [2.05, 4.69) is 6.92 Å². The van der Waals surface area contributed by atoms with Crippen LogP contribution in [0.3, 0.4) is 0 Å². The van der Waals surface area contributed by atoms with Crippen molar-refractivity contribution in [1.82, 2.24) is 0 Å². The molecule has 0 spiro atoms. The minimum absolute atomic E-state index is 0.247. The van der Waals surface area contributed by atoms with E-state index in [0.717, 1.165) is 18.8 Å². The third kappa shape index (κ3) is 0.800. The number of aliphatic hydroxyl groups is 1. The average Bonchev–Trinajstić information content (AvgIpc) is 2.04. The smallest absolute Gasteiger partial charge is 0.0675 e. The summed E-state index contributed by atoms with van der Waals surface area (Å²) in [5.74, 6) is 1.42. The molecule has 2 rings (SSSR count). The van der Waals surface area contributed by atoms with Crippen LogP contribution in [0.2, 0.25) is 0 Å². The molecule has 0 radical (unpaired) electrons. The molecule has 2 aliphatic carbocycles. The monoisotopic (exact) mass is 140 g/mol. The van der Waals surface area contributed by atoms with Gasteiger partial charge in [-0.2, -0.15) is 0 Å². The van der Waals surface area contributed by atoms with Crippen molar-refractivity contribution in [2.24, 2.45) is 11.8 Å². The van der Waals surface area contributed by atoms with Gasteiger partial charge >= 0.3 is 0 Å². The van der Waals surface area contributed by atoms with Crippen molar-refractivity contribution < 1.29 is 5.11 Å². The quantitative estimate of drug-likeness (QED) is 0.545. The summed E-state index contributed by atoms with van der Waals surface area (Å²) < 4.78 is 0. The maximum absolute atomic E-state index is 9.99. The molecule has 2 aliphatic rings. The predicted molar refractivity (Wildman–Crippen MR) is 40.7 cm³/mol. The summed E-state index contributed by atoms with van der Waals surface area (Å²) in [5, 5.41) is 9.99. The Balaban J connectivity index is 2.18. The highest BCUT2D eigenvalue weighted by Gasteiger charge is 2.45. The Morgan fingerprint density at radius 3 is 2.90 bits per heavy atom. The predicted octanol–water partition coefficient (Wildman–Crippen LogP) is 1.95. The lowest BCUT2D eigenvalue weighted by atomic mass is 9.83. The Kier molecular flexibility index (Phi) is 1.31. The van der Waals surface area contributed by atoms with E-state index in [0.29, 0.717) is 5.92 Å². The number of hydrogen-bond donors (Lipinski definition) is 1. The highest BCUT2D eigenvalue weighted by Crippen LogP contribution is 2.48. The Labute approximate surface area is 62.4 Å². The van der Waals surface area contributed by atoms with Crippen LogP contribution >= 0.6 is 0 Å². The summed E-state index contributed by atoms with van der Waals surface area (Å²) in [6, 6.07) is 0. The first-order chi connectivity index (χ1) is 4.71. The molecule has 2 saturated carbocycles. The van der Waals surface area contributed by atoms with Crippen LogP contribution in [0.1, 0.15) is 39.0 Å². The standard InChI is InChI=1S/C9H16O/c1-7-5-8-3-2-4-9(7,10)6-8/h7-8,10H,2-6H2,1H3. The molecule has 1 N–H and O–H groups in total. The van der Waals surface area contributed by atoms with E-state index < -0.39 is 0 Å². The molecule has 0 aromatic carbocycles. The van der Waals surface area contributed by atoms with Crippen molar-refractivity contribution in [1.29, 1.82) is 0 Å². The first-order valence-electron chi connectivity index (χ1n) is 4.43. The second-order valence-corrected chi connectivity index (χ2v) is 4.20. The lowest BCUT2D eigenvalue weighted by molar-refractivity contribution is -0.0122. The molecule has 1 nitrogen and oxygen atoms in total. The number of hydrogen-bond acceptors (Lipinski definition) is 1. The SMILES string of the molecule is CC1CC2CCCC1(O)C2. The number of rotatable bonds is 0. The summed E-state index contributed by atoms with van der Waals surface area (Å²) >= 11 is 0. The zero-order valence-corrected chi connectivity index (χ0v) is 6.64. The van der Waals surface area contributed by atoms with Crippen molar-refractivity contribution in [3.63, 3.8) is 0 Å². The molecule has 3 atom stereocenters. The van der Waals surface area contributed by atoms with Gasteiger partial charge in [0.05, 0.1) is 5.60 Å². The zero-order valence-electron chi connectivity index (χ0n) is 6.64. The minimum atomic E-state index is -0.247. The van der Waals surface area contributed by atoms with E-state index >= 15 is 0 Å². The fraction of sp³-hybridized carbons (Fsp3) is 1.00. The molecule has 0 aromatic heterocycles. The molecular weight excluding hydrogens is 124 g/mol. The third-order valence-electron chi connectivity index (χ3n) is 3.47. The van der Waals surface area contributed by atoms with Gasteiger partial charge in [0, 0.05) is 0 Å². The lowest BCUT2D eigenvalue weighted by Crippen LogP contribution is -2.32. The van der Waals surface area contributed by atoms with Crippen molar-refractivity contribution in [3.8, 4) is 0 Å². The summed E-state index contributed by atoms with van der Waals surface area (Å²) in [5.41, 5.74) is -0.247. The fourth-order valence-electron chi connectivity index (χ4n) is 2.77. The van der Waals surface area contributed by atoms with Gasteiger partial charge in [0.15, 0.2) is 0 Å². The molecule has 0 heterocycles. The zero-order chi connectivity index (χ0) is 7.19. The molecular formula is C9H16O. The van der Waals surface area contributed by atoms with Gasteiger partial charge in [-0.15, -0.1) is 0 Å². The fourth-order valence-corrected chi connectivity index (χ4v) is 2.77. The molecule has 0 aromatic rings. The van der Waals surface area contributed by atoms with Gasteiger partial charge in [-0.25, -0.2) is 0 Å². The molecule has 58 valence electrons. The normalized spacial score (nSPS) is 53.4. The van der Waals surface area contributed by atoms with Crippen LogP contribution in [0, 0.1) is 11.8 Å². The first-order valence-corrected chi connectivity index (χ1v) is 4.43. The Hall–Kier alpha value is -0.0400.